The summed E-state index contributed by atoms with van der Waals surface area (Å²) in [7, 11) is 9.54. The standard InChI is InChI=1S/C75H117ClF6N12O13/c1-12-45(4)63-70(104)88(7)40-61(97)86(5)41-62(98)90(9)57(37-47-22-26-49(27-23-47)74(77,78)79)68(102)87(6)39-59(95)83-54(31-25-46-24-30-52(53(76)36-46)75(80,81)82)67(101)93-34-18-21-55(93)66(100)85-73(32-16-17-33-73)72(106)92(11)64(48-19-14-13-15-20-48)71(105)91(10)58(69(103)94-50-28-29-51(94)43-107-42-50)38-60(96)89(8)56(35-44(2)3)65(99)84-63/h44-58,63-64H,12-43H2,1-11H3,(H,83,95)(H,84,99)(H,85,100)/t45-,46?,47?,49?,50?,51?,52?,53?,54-,55-,56-,57-,58-,63-,64-/m0/s1. The van der Waals surface area contributed by atoms with Gasteiger partial charge in [-0.25, -0.2) is 0 Å². The Balaban J connectivity index is 1.17. The minimum Gasteiger partial charge on any atom is -0.377 e. The molecular weight excluding hydrogens is 1430 g/mol. The lowest BCUT2D eigenvalue weighted by Crippen LogP contribution is -2.65. The van der Waals surface area contributed by atoms with Crippen LogP contribution in [0.1, 0.15) is 195 Å². The lowest BCUT2D eigenvalue weighted by molar-refractivity contribution is -0.184. The molecule has 25 nitrogen and oxygen atoms in total. The lowest BCUT2D eigenvalue weighted by Gasteiger charge is -2.44. The van der Waals surface area contributed by atoms with Crippen molar-refractivity contribution in [2.24, 2.45) is 41.4 Å². The average Bonchev–Trinajstić information content (AvgIpc) is 1.71. The zero-order valence-electron chi connectivity index (χ0n) is 64.4. The van der Waals surface area contributed by atoms with Gasteiger partial charge in [0.25, 0.3) is 0 Å². The van der Waals surface area contributed by atoms with Gasteiger partial charge in [0, 0.05) is 61.3 Å². The second-order valence-electron chi connectivity index (χ2n) is 32.8. The number of likely N-dealkylation sites (N-methyl/N-ethyl adjacent to an activating group) is 7. The van der Waals surface area contributed by atoms with Crippen LogP contribution in [0.3, 0.4) is 0 Å². The summed E-state index contributed by atoms with van der Waals surface area (Å²) >= 11 is 6.40. The van der Waals surface area contributed by atoms with Crippen LogP contribution in [0.2, 0.25) is 0 Å². The normalized spacial score (nSPS) is 32.1. The highest BCUT2D eigenvalue weighted by atomic mass is 35.5. The van der Waals surface area contributed by atoms with Gasteiger partial charge in [-0.1, -0.05) is 66.2 Å². The largest absolute Gasteiger partial charge is 0.393 e. The van der Waals surface area contributed by atoms with E-state index in [2.05, 4.69) is 16.0 Å². The van der Waals surface area contributed by atoms with Crippen LogP contribution in [0.4, 0.5) is 26.3 Å². The van der Waals surface area contributed by atoms with Gasteiger partial charge in [0.2, 0.25) is 70.9 Å². The molecule has 0 aromatic heterocycles. The van der Waals surface area contributed by atoms with E-state index in [1.807, 2.05) is 13.8 Å². The van der Waals surface area contributed by atoms with Crippen molar-refractivity contribution < 1.29 is 88.6 Å². The number of nitrogens with zero attached hydrogens (tertiary/aromatic N) is 9. The molecular formula is C75H117ClF6N12O13. The number of hydrogen-bond acceptors (Lipinski definition) is 13. The fourth-order valence-corrected chi connectivity index (χ4v) is 18.5. The molecule has 4 aliphatic heterocycles. The molecule has 2 bridgehead atoms. The minimum absolute atomic E-state index is 0.00447. The summed E-state index contributed by atoms with van der Waals surface area (Å²) in [6.45, 7) is 5.62. The molecule has 0 radical (unpaired) electrons. The second-order valence-corrected chi connectivity index (χ2v) is 33.3. The van der Waals surface area contributed by atoms with Crippen LogP contribution < -0.4 is 16.0 Å². The maximum absolute atomic E-state index is 16.0. The van der Waals surface area contributed by atoms with Crippen molar-refractivity contribution >= 4 is 82.5 Å². The fraction of sp³-hybridized carbons (Fsp3) is 0.840. The molecule has 604 valence electrons. The van der Waals surface area contributed by atoms with Gasteiger partial charge in [0.05, 0.1) is 63.2 Å². The van der Waals surface area contributed by atoms with E-state index >= 15 is 28.8 Å². The van der Waals surface area contributed by atoms with Crippen LogP contribution in [0, 0.1) is 41.4 Å². The maximum Gasteiger partial charge on any atom is 0.393 e. The maximum atomic E-state index is 16.0. The first-order valence-corrected chi connectivity index (χ1v) is 39.4. The van der Waals surface area contributed by atoms with Crippen LogP contribution in [-0.4, -0.2) is 281 Å². The van der Waals surface area contributed by atoms with Crippen LogP contribution in [-0.2, 0) is 62.3 Å². The van der Waals surface area contributed by atoms with E-state index in [-0.39, 0.29) is 128 Å². The van der Waals surface area contributed by atoms with E-state index in [4.69, 9.17) is 16.3 Å². The average molecular weight is 1540 g/mol. The van der Waals surface area contributed by atoms with E-state index in [0.717, 1.165) is 26.0 Å². The van der Waals surface area contributed by atoms with Crippen molar-refractivity contribution in [3.63, 3.8) is 0 Å². The number of ether oxygens (including phenoxy) is 1. The third kappa shape index (κ3) is 20.9. The predicted octanol–water partition coefficient (Wildman–Crippen LogP) is 6.65. The molecule has 0 aromatic rings. The number of fused-ring (bicyclic) bond motifs is 3. The zero-order valence-corrected chi connectivity index (χ0v) is 65.2. The fourth-order valence-electron chi connectivity index (χ4n) is 18.0. The van der Waals surface area contributed by atoms with Crippen molar-refractivity contribution in [3.8, 4) is 0 Å². The molecule has 1 spiro atoms. The quantitative estimate of drug-likeness (QED) is 0.145. The number of rotatable bonds is 11. The van der Waals surface area contributed by atoms with Crippen molar-refractivity contribution in [2.45, 2.75) is 272 Å². The SMILES string of the molecule is CC[C@H](C)[C@@H]1NC(=O)[C@H](CC(C)C)N(C)C(=O)C[C@@H](C(=O)N2C3CCC2COC3)N(C)C(=O)[C@H](C2CCCCC2)N(C)C(=O)C2(CCCC2)NC(=O)[C@@H]2CCCN2C(=O)[C@H](CCC2CCC(C(F)(F)F)C(Cl)C2)NC(=O)CN(C)C(=O)[C@H](CC2CCC(C(F)(F)F)CC2)N(C)C(=O)CN(C)C(=O)CN(C)C1=O. The number of halogens is 7. The number of alkyl halides is 7. The first kappa shape index (κ1) is 86.1. The van der Waals surface area contributed by atoms with Gasteiger partial charge in [-0.2, -0.15) is 26.3 Å². The third-order valence-corrected chi connectivity index (χ3v) is 25.3. The van der Waals surface area contributed by atoms with E-state index in [0.29, 0.717) is 64.2 Å². The molecule has 8 aliphatic rings. The molecule has 5 unspecified atom stereocenters. The smallest absolute Gasteiger partial charge is 0.377 e. The summed E-state index contributed by atoms with van der Waals surface area (Å²) in [4.78, 5) is 192. The van der Waals surface area contributed by atoms with E-state index < -0.39 is 198 Å². The second kappa shape index (κ2) is 37.0. The molecule has 107 heavy (non-hydrogen) atoms. The van der Waals surface area contributed by atoms with Gasteiger partial charge in [-0.05, 0) is 152 Å². The van der Waals surface area contributed by atoms with Gasteiger partial charge in [0.15, 0.2) is 0 Å². The highest BCUT2D eigenvalue weighted by Crippen LogP contribution is 2.45. The van der Waals surface area contributed by atoms with Gasteiger partial charge in [-0.3, -0.25) is 57.5 Å². The van der Waals surface area contributed by atoms with Gasteiger partial charge < -0.3 is 64.8 Å². The number of amides is 12. The molecule has 4 aliphatic carbocycles. The van der Waals surface area contributed by atoms with Crippen LogP contribution in [0.15, 0.2) is 0 Å². The van der Waals surface area contributed by atoms with Gasteiger partial charge in [0.1, 0.15) is 47.8 Å². The van der Waals surface area contributed by atoms with Gasteiger partial charge >= 0.3 is 12.4 Å². The molecule has 4 saturated carbocycles. The Labute approximate surface area is 631 Å². The molecule has 4 heterocycles. The van der Waals surface area contributed by atoms with E-state index in [1.165, 1.54) is 68.9 Å². The summed E-state index contributed by atoms with van der Waals surface area (Å²) in [5, 5.41) is 7.43. The molecule has 4 saturated heterocycles. The minimum atomic E-state index is -4.56. The Kier molecular flexibility index (Phi) is 29.8. The summed E-state index contributed by atoms with van der Waals surface area (Å²) in [6.07, 6.45) is -3.83. The molecule has 8 rings (SSSR count). The number of carbonyl (C=O) groups is 12. The van der Waals surface area contributed by atoms with Crippen molar-refractivity contribution in [2.75, 3.05) is 88.7 Å². The van der Waals surface area contributed by atoms with Gasteiger partial charge in [-0.15, -0.1) is 11.6 Å². The first-order chi connectivity index (χ1) is 50.3. The summed E-state index contributed by atoms with van der Waals surface area (Å²) in [6, 6.07) is -10.0. The number of morpholine rings is 1. The Bertz CT molecular complexity index is 3170. The summed E-state index contributed by atoms with van der Waals surface area (Å²) in [5.74, 6) is -14.0. The Hall–Kier alpha value is -6.53. The van der Waals surface area contributed by atoms with E-state index in [9.17, 15) is 55.1 Å². The summed E-state index contributed by atoms with van der Waals surface area (Å²) < 4.78 is 90.0. The zero-order chi connectivity index (χ0) is 78.9. The number of hydrogen-bond donors (Lipinski definition) is 3. The first-order valence-electron chi connectivity index (χ1n) is 39.0. The predicted molar refractivity (Wildman–Crippen MR) is 384 cm³/mol. The van der Waals surface area contributed by atoms with E-state index in [1.54, 1.807) is 18.7 Å². The molecule has 12 amide bonds. The molecule has 0 aromatic carbocycles. The van der Waals surface area contributed by atoms with Crippen LogP contribution in [0.5, 0.6) is 0 Å². The van der Waals surface area contributed by atoms with Crippen molar-refractivity contribution in [1.29, 1.82) is 0 Å². The monoisotopic (exact) mass is 1540 g/mol. The number of nitrogens with one attached hydrogen (secondary N) is 3. The highest BCUT2D eigenvalue weighted by Gasteiger charge is 2.54. The highest BCUT2D eigenvalue weighted by molar-refractivity contribution is 6.21. The molecule has 8 fully saturated rings. The summed E-state index contributed by atoms with van der Waals surface area (Å²) in [5.41, 5.74) is -1.61. The van der Waals surface area contributed by atoms with Crippen molar-refractivity contribution in [3.05, 3.63) is 0 Å². The van der Waals surface area contributed by atoms with Crippen LogP contribution >= 0.6 is 11.6 Å². The lowest BCUT2D eigenvalue weighted by atomic mass is 9.78. The van der Waals surface area contributed by atoms with Crippen LogP contribution in [0.25, 0.3) is 0 Å². The number of carbonyl (C=O) groups excluding carboxylic acids is 12. The Morgan fingerprint density at radius 3 is 1.78 bits per heavy atom. The molecule has 13 atom stereocenters. The molecule has 3 N–H and O–H groups in total. The topological polar surface area (TPSA) is 279 Å². The van der Waals surface area contributed by atoms with Crippen molar-refractivity contribution in [1.82, 2.24) is 60.0 Å². The Morgan fingerprint density at radius 2 is 1.19 bits per heavy atom. The Morgan fingerprint density at radius 1 is 0.589 bits per heavy atom. The molecule has 32 heteroatoms. The third-order valence-electron chi connectivity index (χ3n) is 24.9.